The van der Waals surface area contributed by atoms with Crippen molar-refractivity contribution in [2.75, 3.05) is 13.6 Å². The van der Waals surface area contributed by atoms with E-state index in [4.69, 9.17) is 5.73 Å². The predicted molar refractivity (Wildman–Crippen MR) is 70.8 cm³/mol. The molecule has 0 aliphatic rings. The van der Waals surface area contributed by atoms with Gasteiger partial charge in [-0.25, -0.2) is 0 Å². The van der Waals surface area contributed by atoms with Crippen molar-refractivity contribution in [1.82, 2.24) is 4.90 Å². The third kappa shape index (κ3) is 3.86. The molecule has 0 saturated carbocycles. The second-order valence-corrected chi connectivity index (χ2v) is 4.52. The van der Waals surface area contributed by atoms with Crippen LogP contribution in [0.3, 0.4) is 0 Å². The monoisotopic (exact) mass is 234 g/mol. The normalized spacial score (nSPS) is 12.2. The highest BCUT2D eigenvalue weighted by atomic mass is 16.2. The molecule has 94 valence electrons. The topological polar surface area (TPSA) is 46.3 Å². The lowest BCUT2D eigenvalue weighted by atomic mass is 10.0. The molecule has 1 amide bonds. The van der Waals surface area contributed by atoms with Crippen LogP contribution < -0.4 is 5.73 Å². The van der Waals surface area contributed by atoms with Crippen LogP contribution in [-0.2, 0) is 11.2 Å². The first kappa shape index (κ1) is 13.7. The number of nitrogens with zero attached hydrogens (tertiary/aromatic N) is 1. The molecule has 0 bridgehead atoms. The number of likely N-dealkylation sites (N-methyl/N-ethyl adjacent to an activating group) is 1. The Labute approximate surface area is 104 Å². The SMILES string of the molecule is Cc1ccccc1CCC(=O)N(C)C(C)CN. The molecule has 0 spiro atoms. The number of carbonyl (C=O) groups excluding carboxylic acids is 1. The van der Waals surface area contributed by atoms with Crippen LogP contribution in [0.25, 0.3) is 0 Å². The van der Waals surface area contributed by atoms with Gasteiger partial charge in [-0.1, -0.05) is 24.3 Å². The van der Waals surface area contributed by atoms with E-state index in [1.807, 2.05) is 26.1 Å². The van der Waals surface area contributed by atoms with Gasteiger partial charge in [0.1, 0.15) is 0 Å². The minimum absolute atomic E-state index is 0.111. The maximum atomic E-state index is 11.9. The Hall–Kier alpha value is -1.35. The van der Waals surface area contributed by atoms with Gasteiger partial charge in [0.15, 0.2) is 0 Å². The van der Waals surface area contributed by atoms with Gasteiger partial charge in [-0.05, 0) is 31.4 Å². The Balaban J connectivity index is 2.51. The Morgan fingerprint density at radius 3 is 2.65 bits per heavy atom. The Morgan fingerprint density at radius 2 is 2.06 bits per heavy atom. The molecule has 17 heavy (non-hydrogen) atoms. The first-order chi connectivity index (χ1) is 8.06. The Morgan fingerprint density at radius 1 is 1.41 bits per heavy atom. The van der Waals surface area contributed by atoms with Gasteiger partial charge in [0.2, 0.25) is 5.91 Å². The molecule has 1 atom stereocenters. The summed E-state index contributed by atoms with van der Waals surface area (Å²) in [6.07, 6.45) is 1.35. The van der Waals surface area contributed by atoms with Crippen LogP contribution in [0.2, 0.25) is 0 Å². The molecule has 2 N–H and O–H groups in total. The van der Waals surface area contributed by atoms with Crippen LogP contribution in [0.15, 0.2) is 24.3 Å². The van der Waals surface area contributed by atoms with Crippen molar-refractivity contribution in [2.45, 2.75) is 32.7 Å². The van der Waals surface area contributed by atoms with Gasteiger partial charge in [-0.2, -0.15) is 0 Å². The minimum atomic E-state index is 0.111. The summed E-state index contributed by atoms with van der Waals surface area (Å²) in [5.74, 6) is 0.159. The molecule has 1 aromatic carbocycles. The molecule has 3 nitrogen and oxygen atoms in total. The number of amides is 1. The highest BCUT2D eigenvalue weighted by Crippen LogP contribution is 2.10. The number of aryl methyl sites for hydroxylation is 2. The van der Waals surface area contributed by atoms with Crippen LogP contribution >= 0.6 is 0 Å². The molecule has 0 aromatic heterocycles. The van der Waals surface area contributed by atoms with E-state index >= 15 is 0 Å². The zero-order valence-electron chi connectivity index (χ0n) is 10.9. The number of carbonyl (C=O) groups is 1. The van der Waals surface area contributed by atoms with Gasteiger partial charge in [-0.15, -0.1) is 0 Å². The predicted octanol–water partition coefficient (Wildman–Crippen LogP) is 1.73. The largest absolute Gasteiger partial charge is 0.342 e. The molecule has 0 fully saturated rings. The quantitative estimate of drug-likeness (QED) is 0.843. The molecule has 0 saturated heterocycles. The zero-order chi connectivity index (χ0) is 12.8. The first-order valence-corrected chi connectivity index (χ1v) is 6.06. The van der Waals surface area contributed by atoms with Crippen LogP contribution in [0.5, 0.6) is 0 Å². The van der Waals surface area contributed by atoms with Gasteiger partial charge in [0.05, 0.1) is 0 Å². The Kier molecular flexibility index (Phi) is 5.16. The molecule has 0 aliphatic heterocycles. The van der Waals surface area contributed by atoms with Gasteiger partial charge in [0.25, 0.3) is 0 Å². The molecule has 0 heterocycles. The van der Waals surface area contributed by atoms with Crippen molar-refractivity contribution in [3.63, 3.8) is 0 Å². The van der Waals surface area contributed by atoms with E-state index in [2.05, 4.69) is 19.1 Å². The highest BCUT2D eigenvalue weighted by molar-refractivity contribution is 5.76. The zero-order valence-corrected chi connectivity index (χ0v) is 10.9. The van der Waals surface area contributed by atoms with Gasteiger partial charge < -0.3 is 10.6 Å². The average Bonchev–Trinajstić information content (AvgIpc) is 2.35. The molecule has 0 radical (unpaired) electrons. The summed E-state index contributed by atoms with van der Waals surface area (Å²) < 4.78 is 0. The smallest absolute Gasteiger partial charge is 0.222 e. The lowest BCUT2D eigenvalue weighted by Crippen LogP contribution is -2.39. The van der Waals surface area contributed by atoms with Gasteiger partial charge in [-0.3, -0.25) is 4.79 Å². The first-order valence-electron chi connectivity index (χ1n) is 6.06. The number of benzene rings is 1. The molecule has 1 aromatic rings. The van der Waals surface area contributed by atoms with Crippen molar-refractivity contribution in [3.8, 4) is 0 Å². The number of hydrogen-bond acceptors (Lipinski definition) is 2. The highest BCUT2D eigenvalue weighted by Gasteiger charge is 2.14. The molecular weight excluding hydrogens is 212 g/mol. The van der Waals surface area contributed by atoms with E-state index in [0.717, 1.165) is 6.42 Å². The van der Waals surface area contributed by atoms with Gasteiger partial charge in [0, 0.05) is 26.1 Å². The van der Waals surface area contributed by atoms with Crippen molar-refractivity contribution in [2.24, 2.45) is 5.73 Å². The standard InChI is InChI=1S/C14H22N2O/c1-11-6-4-5-7-13(11)8-9-14(17)16(3)12(2)10-15/h4-7,12H,8-10,15H2,1-3H3. The summed E-state index contributed by atoms with van der Waals surface area (Å²) in [6, 6.07) is 8.29. The van der Waals surface area contributed by atoms with Crippen LogP contribution in [0, 0.1) is 6.92 Å². The summed E-state index contributed by atoms with van der Waals surface area (Å²) in [5.41, 5.74) is 8.04. The third-order valence-corrected chi connectivity index (χ3v) is 3.27. The van der Waals surface area contributed by atoms with Crippen molar-refractivity contribution >= 4 is 5.91 Å². The number of nitrogens with two attached hydrogens (primary N) is 1. The summed E-state index contributed by atoms with van der Waals surface area (Å²) in [5, 5.41) is 0. The second-order valence-electron chi connectivity index (χ2n) is 4.52. The summed E-state index contributed by atoms with van der Waals surface area (Å²) >= 11 is 0. The minimum Gasteiger partial charge on any atom is -0.342 e. The van der Waals surface area contributed by atoms with E-state index in [1.54, 1.807) is 4.90 Å². The summed E-state index contributed by atoms with van der Waals surface area (Å²) in [6.45, 7) is 4.55. The van der Waals surface area contributed by atoms with Crippen molar-refractivity contribution in [1.29, 1.82) is 0 Å². The third-order valence-electron chi connectivity index (χ3n) is 3.27. The molecule has 1 unspecified atom stereocenters. The molecule has 0 aliphatic carbocycles. The summed E-state index contributed by atoms with van der Waals surface area (Å²) in [7, 11) is 1.82. The number of hydrogen-bond donors (Lipinski definition) is 1. The second kappa shape index (κ2) is 6.40. The van der Waals surface area contributed by atoms with Crippen molar-refractivity contribution in [3.05, 3.63) is 35.4 Å². The van der Waals surface area contributed by atoms with Crippen LogP contribution in [0.4, 0.5) is 0 Å². The lowest BCUT2D eigenvalue weighted by molar-refractivity contribution is -0.131. The maximum absolute atomic E-state index is 11.9. The lowest BCUT2D eigenvalue weighted by Gasteiger charge is -2.23. The molecule has 3 heteroatoms. The fourth-order valence-corrected chi connectivity index (χ4v) is 1.71. The van der Waals surface area contributed by atoms with E-state index < -0.39 is 0 Å². The van der Waals surface area contributed by atoms with Crippen LogP contribution in [-0.4, -0.2) is 30.4 Å². The van der Waals surface area contributed by atoms with E-state index in [-0.39, 0.29) is 11.9 Å². The average molecular weight is 234 g/mol. The van der Waals surface area contributed by atoms with E-state index in [9.17, 15) is 4.79 Å². The molecular formula is C14H22N2O. The van der Waals surface area contributed by atoms with Gasteiger partial charge >= 0.3 is 0 Å². The summed E-state index contributed by atoms with van der Waals surface area (Å²) in [4.78, 5) is 13.6. The fourth-order valence-electron chi connectivity index (χ4n) is 1.71. The fraction of sp³-hybridized carbons (Fsp3) is 0.500. The van der Waals surface area contributed by atoms with Crippen LogP contribution in [0.1, 0.15) is 24.5 Å². The Bertz CT molecular complexity index is 376. The van der Waals surface area contributed by atoms with E-state index in [1.165, 1.54) is 11.1 Å². The molecule has 1 rings (SSSR count). The number of rotatable bonds is 5. The van der Waals surface area contributed by atoms with Crippen molar-refractivity contribution < 1.29 is 4.79 Å². The van der Waals surface area contributed by atoms with E-state index in [0.29, 0.717) is 13.0 Å². The maximum Gasteiger partial charge on any atom is 0.222 e.